The Balaban J connectivity index is 1.47. The van der Waals surface area contributed by atoms with Crippen molar-refractivity contribution in [3.8, 4) is 6.07 Å². The number of rotatable bonds is 5. The van der Waals surface area contributed by atoms with Crippen LogP contribution in [0.1, 0.15) is 39.9 Å². The number of anilines is 2. The number of hydrogen-bond donors (Lipinski definition) is 0. The lowest BCUT2D eigenvalue weighted by molar-refractivity contribution is -0.118. The lowest BCUT2D eigenvalue weighted by Gasteiger charge is -2.31. The first kappa shape index (κ1) is 21.3. The summed E-state index contributed by atoms with van der Waals surface area (Å²) in [4.78, 5) is 29.3. The van der Waals surface area contributed by atoms with E-state index in [1.807, 2.05) is 65.6 Å². The summed E-state index contributed by atoms with van der Waals surface area (Å²) in [5.41, 5.74) is 5.16. The van der Waals surface area contributed by atoms with E-state index < -0.39 is 0 Å². The van der Waals surface area contributed by atoms with Crippen LogP contribution >= 0.6 is 0 Å². The molecule has 5 heteroatoms. The van der Waals surface area contributed by atoms with Crippen LogP contribution in [0.5, 0.6) is 0 Å². The van der Waals surface area contributed by atoms with Gasteiger partial charge in [0.1, 0.15) is 0 Å². The molecular weight excluding hydrogens is 398 g/mol. The van der Waals surface area contributed by atoms with Gasteiger partial charge in [0.2, 0.25) is 5.91 Å². The summed E-state index contributed by atoms with van der Waals surface area (Å²) in [6.07, 6.45) is 2.84. The van der Waals surface area contributed by atoms with E-state index in [1.54, 1.807) is 24.1 Å². The van der Waals surface area contributed by atoms with Gasteiger partial charge in [-0.1, -0.05) is 30.3 Å². The number of nitrogens with zero attached hydrogens (tertiary/aromatic N) is 3. The molecular formula is C27H25N3O2. The van der Waals surface area contributed by atoms with Crippen molar-refractivity contribution in [3.05, 3.63) is 95.1 Å². The van der Waals surface area contributed by atoms with Gasteiger partial charge in [-0.2, -0.15) is 5.26 Å². The Morgan fingerprint density at radius 1 is 1.03 bits per heavy atom. The maximum atomic E-state index is 13.0. The summed E-state index contributed by atoms with van der Waals surface area (Å²) in [5.74, 6) is 0.0356. The van der Waals surface area contributed by atoms with E-state index in [4.69, 9.17) is 5.26 Å². The molecule has 0 spiro atoms. The fourth-order valence-electron chi connectivity index (χ4n) is 4.08. The van der Waals surface area contributed by atoms with Crippen LogP contribution in [0.2, 0.25) is 0 Å². The van der Waals surface area contributed by atoms with Gasteiger partial charge in [0, 0.05) is 37.0 Å². The van der Waals surface area contributed by atoms with Crippen LogP contribution in [-0.2, 0) is 17.6 Å². The Morgan fingerprint density at radius 3 is 2.50 bits per heavy atom. The number of fused-ring (bicyclic) bond motifs is 1. The van der Waals surface area contributed by atoms with Gasteiger partial charge in [-0.3, -0.25) is 9.59 Å². The van der Waals surface area contributed by atoms with Crippen LogP contribution in [-0.4, -0.2) is 25.4 Å². The van der Waals surface area contributed by atoms with E-state index in [9.17, 15) is 9.59 Å². The highest BCUT2D eigenvalue weighted by Gasteiger charge is 2.24. The van der Waals surface area contributed by atoms with Crippen molar-refractivity contribution in [1.82, 2.24) is 0 Å². The third-order valence-electron chi connectivity index (χ3n) is 5.91. The molecule has 3 aromatic rings. The molecule has 1 aliphatic heterocycles. The van der Waals surface area contributed by atoms with Crippen molar-refractivity contribution in [3.63, 3.8) is 0 Å². The zero-order chi connectivity index (χ0) is 22.5. The highest BCUT2D eigenvalue weighted by Crippen LogP contribution is 2.31. The Bertz CT molecular complexity index is 1160. The summed E-state index contributed by atoms with van der Waals surface area (Å²) < 4.78 is 0. The van der Waals surface area contributed by atoms with Crippen LogP contribution < -0.4 is 9.80 Å². The first-order valence-electron chi connectivity index (χ1n) is 10.8. The third kappa shape index (κ3) is 4.55. The molecule has 32 heavy (non-hydrogen) atoms. The van der Waals surface area contributed by atoms with E-state index in [0.29, 0.717) is 30.5 Å². The van der Waals surface area contributed by atoms with Crippen LogP contribution in [0.25, 0.3) is 0 Å². The minimum Gasteiger partial charge on any atom is -0.312 e. The molecule has 0 radical (unpaired) electrons. The normalized spacial score (nSPS) is 12.6. The van der Waals surface area contributed by atoms with Gasteiger partial charge in [0.25, 0.3) is 5.91 Å². The Morgan fingerprint density at radius 2 is 1.78 bits per heavy atom. The molecule has 3 aromatic carbocycles. The number of carbonyl (C=O) groups is 2. The van der Waals surface area contributed by atoms with Gasteiger partial charge in [0.05, 0.1) is 11.6 Å². The fourth-order valence-corrected chi connectivity index (χ4v) is 4.08. The van der Waals surface area contributed by atoms with Crippen LogP contribution in [0, 0.1) is 11.3 Å². The number of benzene rings is 3. The summed E-state index contributed by atoms with van der Waals surface area (Å²) >= 11 is 0. The van der Waals surface area contributed by atoms with Gasteiger partial charge < -0.3 is 9.80 Å². The van der Waals surface area contributed by atoms with Gasteiger partial charge in [-0.15, -0.1) is 0 Å². The van der Waals surface area contributed by atoms with Gasteiger partial charge in [-0.05, 0) is 72.9 Å². The maximum Gasteiger partial charge on any atom is 0.258 e. The number of hydrogen-bond acceptors (Lipinski definition) is 3. The van der Waals surface area contributed by atoms with E-state index in [-0.39, 0.29) is 11.8 Å². The zero-order valence-corrected chi connectivity index (χ0v) is 18.1. The molecule has 0 aromatic heterocycles. The third-order valence-corrected chi connectivity index (χ3v) is 5.91. The smallest absolute Gasteiger partial charge is 0.258 e. The van der Waals surface area contributed by atoms with E-state index in [2.05, 4.69) is 6.07 Å². The predicted octanol–water partition coefficient (Wildman–Crippen LogP) is 4.75. The van der Waals surface area contributed by atoms with Crippen molar-refractivity contribution >= 4 is 23.2 Å². The van der Waals surface area contributed by atoms with Gasteiger partial charge in [-0.25, -0.2) is 0 Å². The molecule has 0 unspecified atom stereocenters. The molecule has 0 N–H and O–H groups in total. The standard InChI is InChI=1S/C27H25N3O2/c1-29(27(32)22-6-3-2-4-7-22)24-14-15-25-23(18-24)8-5-17-30(25)26(31)16-13-20-9-11-21(19-28)12-10-20/h2-4,6-7,9-12,14-15,18H,5,8,13,16-17H2,1H3. The summed E-state index contributed by atoms with van der Waals surface area (Å²) in [6.45, 7) is 0.706. The van der Waals surface area contributed by atoms with Crippen molar-refractivity contribution in [2.24, 2.45) is 0 Å². The number of nitriles is 1. The number of aryl methyl sites for hydroxylation is 2. The van der Waals surface area contributed by atoms with E-state index in [1.165, 1.54) is 0 Å². The molecule has 2 amide bonds. The molecule has 0 aliphatic carbocycles. The summed E-state index contributed by atoms with van der Waals surface area (Å²) in [5, 5.41) is 8.92. The van der Waals surface area contributed by atoms with E-state index in [0.717, 1.165) is 35.3 Å². The fraction of sp³-hybridized carbons (Fsp3) is 0.222. The number of amides is 2. The van der Waals surface area contributed by atoms with Gasteiger partial charge >= 0.3 is 0 Å². The van der Waals surface area contributed by atoms with Crippen LogP contribution in [0.4, 0.5) is 11.4 Å². The first-order valence-corrected chi connectivity index (χ1v) is 10.8. The molecule has 0 saturated carbocycles. The quantitative estimate of drug-likeness (QED) is 0.595. The van der Waals surface area contributed by atoms with Crippen LogP contribution in [0.15, 0.2) is 72.8 Å². The Labute approximate surface area is 188 Å². The second kappa shape index (κ2) is 9.49. The molecule has 1 heterocycles. The maximum absolute atomic E-state index is 13.0. The molecule has 4 rings (SSSR count). The SMILES string of the molecule is CN(C(=O)c1ccccc1)c1ccc2c(c1)CCCN2C(=O)CCc1ccc(C#N)cc1. The lowest BCUT2D eigenvalue weighted by Crippen LogP contribution is -2.36. The zero-order valence-electron chi connectivity index (χ0n) is 18.1. The minimum absolute atomic E-state index is 0.0586. The van der Waals surface area contributed by atoms with Crippen LogP contribution in [0.3, 0.4) is 0 Å². The topological polar surface area (TPSA) is 64.4 Å². The Kier molecular flexibility index (Phi) is 6.32. The molecule has 0 saturated heterocycles. The second-order valence-corrected chi connectivity index (χ2v) is 8.00. The lowest BCUT2D eigenvalue weighted by atomic mass is 9.99. The molecule has 1 aliphatic rings. The average molecular weight is 424 g/mol. The van der Waals surface area contributed by atoms with Crippen molar-refractivity contribution in [1.29, 1.82) is 5.26 Å². The second-order valence-electron chi connectivity index (χ2n) is 8.00. The minimum atomic E-state index is -0.0586. The largest absolute Gasteiger partial charge is 0.312 e. The monoisotopic (exact) mass is 423 g/mol. The molecule has 0 atom stereocenters. The molecule has 160 valence electrons. The highest BCUT2D eigenvalue weighted by molar-refractivity contribution is 6.06. The molecule has 0 fully saturated rings. The van der Waals surface area contributed by atoms with Gasteiger partial charge in [0.15, 0.2) is 0 Å². The summed E-state index contributed by atoms with van der Waals surface area (Å²) in [6, 6.07) is 24.6. The average Bonchev–Trinajstić information content (AvgIpc) is 2.86. The van der Waals surface area contributed by atoms with Crippen molar-refractivity contribution < 1.29 is 9.59 Å². The van der Waals surface area contributed by atoms with E-state index >= 15 is 0 Å². The number of carbonyl (C=O) groups excluding carboxylic acids is 2. The molecule has 5 nitrogen and oxygen atoms in total. The molecule has 0 bridgehead atoms. The summed E-state index contributed by atoms with van der Waals surface area (Å²) in [7, 11) is 1.78. The predicted molar refractivity (Wildman–Crippen MR) is 126 cm³/mol. The first-order chi connectivity index (χ1) is 15.6. The Hall–Kier alpha value is -3.91. The van der Waals surface area contributed by atoms with Crippen molar-refractivity contribution in [2.75, 3.05) is 23.4 Å². The highest BCUT2D eigenvalue weighted by atomic mass is 16.2. The van der Waals surface area contributed by atoms with Crippen molar-refractivity contribution in [2.45, 2.75) is 25.7 Å².